The molecule has 0 aliphatic rings. The topological polar surface area (TPSA) is 26.0 Å². The zero-order chi connectivity index (χ0) is 7.98. The molecule has 0 aromatic heterocycles. The van der Waals surface area contributed by atoms with Crippen LogP contribution in [0.5, 0.6) is 0 Å². The quantitative estimate of drug-likeness (QED) is 0.584. The van der Waals surface area contributed by atoms with Gasteiger partial charge in [-0.1, -0.05) is 18.9 Å². The van der Waals surface area contributed by atoms with E-state index in [9.17, 15) is 0 Å². The Balaban J connectivity index is 3.49. The summed E-state index contributed by atoms with van der Waals surface area (Å²) in [5.74, 6) is 0.669. The second-order valence-electron chi connectivity index (χ2n) is 3.05. The average molecular weight is 141 g/mol. The molecule has 10 heavy (non-hydrogen) atoms. The molecule has 0 saturated carbocycles. The Labute approximate surface area is 64.3 Å². The summed E-state index contributed by atoms with van der Waals surface area (Å²) in [6.07, 6.45) is 3.57. The van der Waals surface area contributed by atoms with E-state index in [2.05, 4.69) is 20.4 Å². The summed E-state index contributed by atoms with van der Waals surface area (Å²) < 4.78 is 0. The minimum absolute atomic E-state index is 0.669. The van der Waals surface area contributed by atoms with Crippen molar-refractivity contribution in [3.05, 3.63) is 12.2 Å². The SMILES string of the molecule is C=C(C)CC(CN)CCC. The molecular weight excluding hydrogens is 122 g/mol. The number of hydrogen-bond acceptors (Lipinski definition) is 1. The van der Waals surface area contributed by atoms with E-state index in [0.29, 0.717) is 5.92 Å². The highest BCUT2D eigenvalue weighted by atomic mass is 14.5. The number of allylic oxidation sites excluding steroid dienone is 1. The van der Waals surface area contributed by atoms with Crippen molar-refractivity contribution >= 4 is 0 Å². The van der Waals surface area contributed by atoms with Crippen molar-refractivity contribution in [2.24, 2.45) is 11.7 Å². The van der Waals surface area contributed by atoms with Crippen LogP contribution in [-0.2, 0) is 0 Å². The van der Waals surface area contributed by atoms with Crippen LogP contribution in [0.2, 0.25) is 0 Å². The molecule has 1 nitrogen and oxygen atoms in total. The minimum Gasteiger partial charge on any atom is -0.330 e. The highest BCUT2D eigenvalue weighted by molar-refractivity contribution is 4.90. The van der Waals surface area contributed by atoms with Crippen molar-refractivity contribution in [2.45, 2.75) is 33.1 Å². The normalized spacial score (nSPS) is 13.1. The molecule has 0 bridgehead atoms. The number of hydrogen-bond donors (Lipinski definition) is 1. The predicted octanol–water partition coefficient (Wildman–Crippen LogP) is 2.33. The molecule has 0 spiro atoms. The summed E-state index contributed by atoms with van der Waals surface area (Å²) in [4.78, 5) is 0. The van der Waals surface area contributed by atoms with Gasteiger partial charge in [-0.2, -0.15) is 0 Å². The van der Waals surface area contributed by atoms with Crippen LogP contribution in [0.3, 0.4) is 0 Å². The molecular formula is C9H19N. The van der Waals surface area contributed by atoms with E-state index in [-0.39, 0.29) is 0 Å². The van der Waals surface area contributed by atoms with Gasteiger partial charge in [-0.3, -0.25) is 0 Å². The summed E-state index contributed by atoms with van der Waals surface area (Å²) in [6.45, 7) is 8.94. The summed E-state index contributed by atoms with van der Waals surface area (Å²) >= 11 is 0. The van der Waals surface area contributed by atoms with Crippen molar-refractivity contribution in [1.82, 2.24) is 0 Å². The molecule has 0 saturated heterocycles. The van der Waals surface area contributed by atoms with Gasteiger partial charge in [-0.15, -0.1) is 6.58 Å². The van der Waals surface area contributed by atoms with E-state index in [1.54, 1.807) is 0 Å². The van der Waals surface area contributed by atoms with Gasteiger partial charge >= 0.3 is 0 Å². The highest BCUT2D eigenvalue weighted by Crippen LogP contribution is 2.13. The first-order chi connectivity index (χ1) is 4.70. The molecule has 1 heteroatoms. The molecule has 60 valence electrons. The van der Waals surface area contributed by atoms with Gasteiger partial charge in [-0.25, -0.2) is 0 Å². The third kappa shape index (κ3) is 4.57. The van der Waals surface area contributed by atoms with Crippen molar-refractivity contribution in [3.63, 3.8) is 0 Å². The van der Waals surface area contributed by atoms with Crippen LogP contribution in [0.4, 0.5) is 0 Å². The van der Waals surface area contributed by atoms with E-state index in [1.807, 2.05) is 0 Å². The van der Waals surface area contributed by atoms with Crippen LogP contribution in [0.15, 0.2) is 12.2 Å². The molecule has 0 aromatic rings. The zero-order valence-electron chi connectivity index (χ0n) is 7.19. The summed E-state index contributed by atoms with van der Waals surface area (Å²) in [6, 6.07) is 0. The molecule has 0 amide bonds. The highest BCUT2D eigenvalue weighted by Gasteiger charge is 2.03. The molecule has 0 rings (SSSR count). The molecule has 0 aliphatic heterocycles. The van der Waals surface area contributed by atoms with Gasteiger partial charge in [-0.05, 0) is 32.2 Å². The summed E-state index contributed by atoms with van der Waals surface area (Å²) in [5.41, 5.74) is 6.82. The Morgan fingerprint density at radius 2 is 2.20 bits per heavy atom. The summed E-state index contributed by atoms with van der Waals surface area (Å²) in [5, 5.41) is 0. The largest absolute Gasteiger partial charge is 0.330 e. The fraction of sp³-hybridized carbons (Fsp3) is 0.778. The monoisotopic (exact) mass is 141 g/mol. The van der Waals surface area contributed by atoms with Crippen molar-refractivity contribution in [1.29, 1.82) is 0 Å². The smallest absolute Gasteiger partial charge is 0.00458 e. The third-order valence-electron chi connectivity index (χ3n) is 1.67. The van der Waals surface area contributed by atoms with Crippen LogP contribution in [0.1, 0.15) is 33.1 Å². The third-order valence-corrected chi connectivity index (χ3v) is 1.67. The maximum absolute atomic E-state index is 5.57. The molecule has 1 atom stereocenters. The number of rotatable bonds is 5. The lowest BCUT2D eigenvalue weighted by molar-refractivity contribution is 0.486. The Bertz CT molecular complexity index is 96.9. The lowest BCUT2D eigenvalue weighted by Crippen LogP contribution is -2.14. The van der Waals surface area contributed by atoms with Crippen LogP contribution in [0.25, 0.3) is 0 Å². The first kappa shape index (κ1) is 9.70. The maximum atomic E-state index is 5.57. The van der Waals surface area contributed by atoms with E-state index in [4.69, 9.17) is 5.73 Å². The molecule has 0 aliphatic carbocycles. The van der Waals surface area contributed by atoms with Gasteiger partial charge in [0, 0.05) is 0 Å². The predicted molar refractivity (Wildman–Crippen MR) is 46.9 cm³/mol. The first-order valence-electron chi connectivity index (χ1n) is 4.05. The van der Waals surface area contributed by atoms with Gasteiger partial charge in [0.2, 0.25) is 0 Å². The zero-order valence-corrected chi connectivity index (χ0v) is 7.19. The lowest BCUT2D eigenvalue weighted by atomic mass is 9.97. The molecule has 0 radical (unpaired) electrons. The van der Waals surface area contributed by atoms with Crippen LogP contribution >= 0.6 is 0 Å². The second kappa shape index (κ2) is 5.48. The fourth-order valence-corrected chi connectivity index (χ4v) is 1.20. The van der Waals surface area contributed by atoms with Gasteiger partial charge in [0.05, 0.1) is 0 Å². The Hall–Kier alpha value is -0.300. The Kier molecular flexibility index (Phi) is 5.32. The van der Waals surface area contributed by atoms with Gasteiger partial charge < -0.3 is 5.73 Å². The Morgan fingerprint density at radius 3 is 2.50 bits per heavy atom. The van der Waals surface area contributed by atoms with Crippen LogP contribution in [0, 0.1) is 5.92 Å². The van der Waals surface area contributed by atoms with Crippen molar-refractivity contribution in [3.8, 4) is 0 Å². The van der Waals surface area contributed by atoms with E-state index >= 15 is 0 Å². The molecule has 0 heterocycles. The Morgan fingerprint density at radius 1 is 1.60 bits per heavy atom. The summed E-state index contributed by atoms with van der Waals surface area (Å²) in [7, 11) is 0. The van der Waals surface area contributed by atoms with E-state index in [0.717, 1.165) is 13.0 Å². The molecule has 2 N–H and O–H groups in total. The van der Waals surface area contributed by atoms with E-state index in [1.165, 1.54) is 18.4 Å². The van der Waals surface area contributed by atoms with Crippen LogP contribution < -0.4 is 5.73 Å². The molecule has 1 unspecified atom stereocenters. The fourth-order valence-electron chi connectivity index (χ4n) is 1.20. The lowest BCUT2D eigenvalue weighted by Gasteiger charge is -2.12. The van der Waals surface area contributed by atoms with Gasteiger partial charge in [0.1, 0.15) is 0 Å². The van der Waals surface area contributed by atoms with Gasteiger partial charge in [0.15, 0.2) is 0 Å². The standard InChI is InChI=1S/C9H19N/c1-4-5-9(7-10)6-8(2)3/h9H,2,4-7,10H2,1,3H3. The minimum atomic E-state index is 0.669. The van der Waals surface area contributed by atoms with Gasteiger partial charge in [0.25, 0.3) is 0 Å². The van der Waals surface area contributed by atoms with Crippen molar-refractivity contribution < 1.29 is 0 Å². The second-order valence-corrected chi connectivity index (χ2v) is 3.05. The average Bonchev–Trinajstić information content (AvgIpc) is 1.86. The first-order valence-corrected chi connectivity index (χ1v) is 4.05. The van der Waals surface area contributed by atoms with Crippen LogP contribution in [-0.4, -0.2) is 6.54 Å². The molecule has 0 aromatic carbocycles. The van der Waals surface area contributed by atoms with Crippen molar-refractivity contribution in [2.75, 3.05) is 6.54 Å². The maximum Gasteiger partial charge on any atom is -0.00458 e. The number of nitrogens with two attached hydrogens (primary N) is 1. The van der Waals surface area contributed by atoms with E-state index < -0.39 is 0 Å². The molecule has 0 fully saturated rings.